The Balaban J connectivity index is 1.27. The molecular formula is C26H34N4O. The molecule has 164 valence electrons. The molecule has 0 saturated carbocycles. The lowest BCUT2D eigenvalue weighted by molar-refractivity contribution is 0.0650. The molecule has 0 atom stereocenters. The molecule has 31 heavy (non-hydrogen) atoms. The monoisotopic (exact) mass is 418 g/mol. The second kappa shape index (κ2) is 10.7. The molecule has 2 aliphatic heterocycles. The summed E-state index contributed by atoms with van der Waals surface area (Å²) in [6.07, 6.45) is 1.93. The smallest absolute Gasteiger partial charge is 0.253 e. The Labute approximate surface area is 186 Å². The predicted molar refractivity (Wildman–Crippen MR) is 126 cm³/mol. The molecule has 2 aromatic rings. The highest BCUT2D eigenvalue weighted by atomic mass is 16.2. The van der Waals surface area contributed by atoms with Crippen molar-refractivity contribution in [3.8, 4) is 0 Å². The van der Waals surface area contributed by atoms with Gasteiger partial charge in [-0.2, -0.15) is 0 Å². The second-order valence-corrected chi connectivity index (χ2v) is 8.62. The van der Waals surface area contributed by atoms with Gasteiger partial charge in [0.25, 0.3) is 5.91 Å². The number of amides is 1. The van der Waals surface area contributed by atoms with Crippen LogP contribution in [0.4, 0.5) is 0 Å². The van der Waals surface area contributed by atoms with Crippen LogP contribution < -0.4 is 0 Å². The van der Waals surface area contributed by atoms with E-state index < -0.39 is 0 Å². The number of nitrogens with zero attached hydrogens (tertiary/aromatic N) is 4. The number of hydrogen-bond donors (Lipinski definition) is 0. The van der Waals surface area contributed by atoms with Crippen molar-refractivity contribution < 1.29 is 4.79 Å². The standard InChI is InChI=1S/C26H34N4O/c1-2-11-27-16-18-30(19-17-27)26(31)25-10-6-9-24(20-25)22-29-14-12-28(13-15-29)21-23-7-4-3-5-8-23/h2-10,20H,1,11-19,21-22H2. The molecule has 2 aromatic carbocycles. The predicted octanol–water partition coefficient (Wildman–Crippen LogP) is 2.95. The minimum absolute atomic E-state index is 0.160. The molecule has 0 unspecified atom stereocenters. The highest BCUT2D eigenvalue weighted by molar-refractivity contribution is 5.94. The summed E-state index contributed by atoms with van der Waals surface area (Å²) in [5, 5.41) is 0. The Morgan fingerprint density at radius 2 is 1.32 bits per heavy atom. The molecule has 5 nitrogen and oxygen atoms in total. The largest absolute Gasteiger partial charge is 0.336 e. The van der Waals surface area contributed by atoms with E-state index in [0.717, 1.165) is 77.6 Å². The summed E-state index contributed by atoms with van der Waals surface area (Å²) in [4.78, 5) is 22.3. The van der Waals surface area contributed by atoms with Crippen LogP contribution in [0.3, 0.4) is 0 Å². The van der Waals surface area contributed by atoms with Crippen LogP contribution in [0.25, 0.3) is 0 Å². The fourth-order valence-electron chi connectivity index (χ4n) is 4.51. The zero-order valence-corrected chi connectivity index (χ0v) is 18.5. The van der Waals surface area contributed by atoms with Gasteiger partial charge in [-0.15, -0.1) is 6.58 Å². The van der Waals surface area contributed by atoms with E-state index in [1.807, 2.05) is 23.1 Å². The molecule has 0 radical (unpaired) electrons. The quantitative estimate of drug-likeness (QED) is 0.647. The fourth-order valence-corrected chi connectivity index (χ4v) is 4.51. The van der Waals surface area contributed by atoms with Crippen molar-refractivity contribution >= 4 is 5.91 Å². The SMILES string of the molecule is C=CCN1CCN(C(=O)c2cccc(CN3CCN(Cc4ccccc4)CC3)c2)CC1. The summed E-state index contributed by atoms with van der Waals surface area (Å²) in [5.74, 6) is 0.160. The Morgan fingerprint density at radius 3 is 1.97 bits per heavy atom. The van der Waals surface area contributed by atoms with Crippen LogP contribution in [0.2, 0.25) is 0 Å². The summed E-state index contributed by atoms with van der Waals surface area (Å²) in [6.45, 7) is 14.4. The Bertz CT molecular complexity index is 853. The molecule has 0 bridgehead atoms. The third kappa shape index (κ3) is 6.03. The molecule has 0 aliphatic carbocycles. The van der Waals surface area contributed by atoms with Crippen LogP contribution in [0.1, 0.15) is 21.5 Å². The molecule has 2 aliphatic rings. The van der Waals surface area contributed by atoms with Gasteiger partial charge in [-0.1, -0.05) is 48.5 Å². The first kappa shape index (κ1) is 21.8. The average Bonchev–Trinajstić information content (AvgIpc) is 2.81. The van der Waals surface area contributed by atoms with Crippen molar-refractivity contribution in [2.75, 3.05) is 58.9 Å². The third-order valence-corrected chi connectivity index (χ3v) is 6.34. The number of piperazine rings is 2. The maximum Gasteiger partial charge on any atom is 0.253 e. The van der Waals surface area contributed by atoms with Crippen molar-refractivity contribution in [3.63, 3.8) is 0 Å². The Kier molecular flexibility index (Phi) is 7.52. The second-order valence-electron chi connectivity index (χ2n) is 8.62. The minimum Gasteiger partial charge on any atom is -0.336 e. The van der Waals surface area contributed by atoms with Gasteiger partial charge in [-0.25, -0.2) is 0 Å². The number of benzene rings is 2. The zero-order valence-electron chi connectivity index (χ0n) is 18.5. The highest BCUT2D eigenvalue weighted by Crippen LogP contribution is 2.15. The van der Waals surface area contributed by atoms with E-state index in [2.05, 4.69) is 63.7 Å². The van der Waals surface area contributed by atoms with Gasteiger partial charge in [-0.05, 0) is 23.3 Å². The number of carbonyl (C=O) groups is 1. The Morgan fingerprint density at radius 1 is 0.742 bits per heavy atom. The number of carbonyl (C=O) groups excluding carboxylic acids is 1. The summed E-state index contributed by atoms with van der Waals surface area (Å²) in [6, 6.07) is 18.9. The Hall–Kier alpha value is -2.47. The van der Waals surface area contributed by atoms with Gasteiger partial charge in [-0.3, -0.25) is 19.5 Å². The summed E-state index contributed by atoms with van der Waals surface area (Å²) in [7, 11) is 0. The van der Waals surface area contributed by atoms with Gasteiger partial charge in [0.1, 0.15) is 0 Å². The fraction of sp³-hybridized carbons (Fsp3) is 0.423. The van der Waals surface area contributed by atoms with E-state index >= 15 is 0 Å². The summed E-state index contributed by atoms with van der Waals surface area (Å²) < 4.78 is 0. The molecule has 2 heterocycles. The van der Waals surface area contributed by atoms with Crippen molar-refractivity contribution in [1.82, 2.24) is 19.6 Å². The van der Waals surface area contributed by atoms with E-state index in [9.17, 15) is 4.79 Å². The lowest BCUT2D eigenvalue weighted by Gasteiger charge is -2.35. The first-order valence-electron chi connectivity index (χ1n) is 11.4. The van der Waals surface area contributed by atoms with Crippen LogP contribution >= 0.6 is 0 Å². The van der Waals surface area contributed by atoms with Crippen molar-refractivity contribution in [2.24, 2.45) is 0 Å². The molecule has 0 aromatic heterocycles. The van der Waals surface area contributed by atoms with Crippen LogP contribution in [0.15, 0.2) is 67.3 Å². The first-order valence-corrected chi connectivity index (χ1v) is 11.4. The van der Waals surface area contributed by atoms with Crippen LogP contribution in [0.5, 0.6) is 0 Å². The minimum atomic E-state index is 0.160. The zero-order chi connectivity index (χ0) is 21.5. The van der Waals surface area contributed by atoms with Crippen LogP contribution in [-0.4, -0.2) is 84.4 Å². The van der Waals surface area contributed by atoms with E-state index in [0.29, 0.717) is 0 Å². The molecule has 5 heteroatoms. The molecular weight excluding hydrogens is 384 g/mol. The molecule has 0 N–H and O–H groups in total. The van der Waals surface area contributed by atoms with E-state index in [-0.39, 0.29) is 5.91 Å². The van der Waals surface area contributed by atoms with Gasteiger partial charge in [0.2, 0.25) is 0 Å². The average molecular weight is 419 g/mol. The first-order chi connectivity index (χ1) is 15.2. The summed E-state index contributed by atoms with van der Waals surface area (Å²) >= 11 is 0. The number of hydrogen-bond acceptors (Lipinski definition) is 4. The van der Waals surface area contributed by atoms with Crippen LogP contribution in [0, 0.1) is 0 Å². The highest BCUT2D eigenvalue weighted by Gasteiger charge is 2.22. The molecule has 0 spiro atoms. The van der Waals surface area contributed by atoms with Gasteiger partial charge >= 0.3 is 0 Å². The summed E-state index contributed by atoms with van der Waals surface area (Å²) in [5.41, 5.74) is 3.43. The molecule has 4 rings (SSSR count). The molecule has 2 saturated heterocycles. The number of rotatable bonds is 7. The van der Waals surface area contributed by atoms with Crippen LogP contribution in [-0.2, 0) is 13.1 Å². The van der Waals surface area contributed by atoms with Crippen molar-refractivity contribution in [1.29, 1.82) is 0 Å². The molecule has 1 amide bonds. The van der Waals surface area contributed by atoms with Gasteiger partial charge in [0.15, 0.2) is 0 Å². The van der Waals surface area contributed by atoms with E-state index in [4.69, 9.17) is 0 Å². The van der Waals surface area contributed by atoms with Gasteiger partial charge in [0, 0.05) is 77.6 Å². The van der Waals surface area contributed by atoms with E-state index in [1.165, 1.54) is 11.1 Å². The third-order valence-electron chi connectivity index (χ3n) is 6.34. The van der Waals surface area contributed by atoms with Gasteiger partial charge < -0.3 is 4.90 Å². The maximum atomic E-state index is 13.0. The van der Waals surface area contributed by atoms with Crippen molar-refractivity contribution in [3.05, 3.63) is 83.9 Å². The topological polar surface area (TPSA) is 30.0 Å². The maximum absolute atomic E-state index is 13.0. The lowest BCUT2D eigenvalue weighted by atomic mass is 10.1. The van der Waals surface area contributed by atoms with E-state index in [1.54, 1.807) is 0 Å². The normalized spacial score (nSPS) is 18.8. The lowest BCUT2D eigenvalue weighted by Crippen LogP contribution is -2.48. The van der Waals surface area contributed by atoms with Gasteiger partial charge in [0.05, 0.1) is 0 Å². The molecule has 2 fully saturated rings. The van der Waals surface area contributed by atoms with Crippen molar-refractivity contribution in [2.45, 2.75) is 13.1 Å².